The van der Waals surface area contributed by atoms with E-state index in [1.807, 2.05) is 67.6 Å². The number of hydrogen-bond donors (Lipinski definition) is 0. The summed E-state index contributed by atoms with van der Waals surface area (Å²) in [7, 11) is 0. The average Bonchev–Trinajstić information content (AvgIpc) is 2.91. The lowest BCUT2D eigenvalue weighted by Gasteiger charge is -2.17. The van der Waals surface area contributed by atoms with Gasteiger partial charge in [-0.05, 0) is 77.2 Å². The van der Waals surface area contributed by atoms with E-state index in [2.05, 4.69) is 12.6 Å². The van der Waals surface area contributed by atoms with E-state index in [1.165, 1.54) is 12.1 Å². The van der Waals surface area contributed by atoms with Crippen LogP contribution in [0.2, 0.25) is 0 Å². The first kappa shape index (κ1) is 25.2. The van der Waals surface area contributed by atoms with Crippen LogP contribution in [0.15, 0.2) is 91.5 Å². The van der Waals surface area contributed by atoms with Gasteiger partial charge < -0.3 is 9.47 Å². The lowest BCUT2D eigenvalue weighted by Crippen LogP contribution is -2.03. The molecule has 0 aliphatic heterocycles. The number of rotatable bonds is 10. The summed E-state index contributed by atoms with van der Waals surface area (Å²) in [5.74, 6) is 1.15. The fourth-order valence-electron chi connectivity index (χ4n) is 4.07. The van der Waals surface area contributed by atoms with E-state index in [9.17, 15) is 15.4 Å². The Balaban J connectivity index is 1.69. The summed E-state index contributed by atoms with van der Waals surface area (Å²) in [6, 6.07) is 26.4. The first-order chi connectivity index (χ1) is 18.0. The van der Waals surface area contributed by atoms with Crippen molar-refractivity contribution >= 4 is 28.1 Å². The quantitative estimate of drug-likeness (QED) is 0.0754. The van der Waals surface area contributed by atoms with Gasteiger partial charge in [0.25, 0.3) is 5.69 Å². The van der Waals surface area contributed by atoms with Gasteiger partial charge >= 0.3 is 0 Å². The van der Waals surface area contributed by atoms with Gasteiger partial charge in [0.15, 0.2) is 11.5 Å². The summed E-state index contributed by atoms with van der Waals surface area (Å²) in [5.41, 5.74) is 3.88. The van der Waals surface area contributed by atoms with Gasteiger partial charge in [-0.25, -0.2) is 0 Å². The molecule has 0 saturated carbocycles. The van der Waals surface area contributed by atoms with Gasteiger partial charge in [-0.15, -0.1) is 6.58 Å². The minimum Gasteiger partial charge on any atom is -0.490 e. The number of nitriles is 1. The topological polar surface area (TPSA) is 85.4 Å². The minimum absolute atomic E-state index is 0.0296. The number of fused-ring (bicyclic) bond motifs is 1. The predicted molar refractivity (Wildman–Crippen MR) is 146 cm³/mol. The second-order valence-electron chi connectivity index (χ2n) is 8.38. The maximum absolute atomic E-state index is 10.9. The average molecular weight is 491 g/mol. The van der Waals surface area contributed by atoms with Gasteiger partial charge in [0.2, 0.25) is 0 Å². The molecule has 0 saturated heterocycles. The van der Waals surface area contributed by atoms with Gasteiger partial charge in [0.1, 0.15) is 6.61 Å². The summed E-state index contributed by atoms with van der Waals surface area (Å²) < 4.78 is 12.1. The SMILES string of the molecule is C=CCc1cc(C=C(C#N)c2ccc3ccccc3c2)cc(OCC)c1OCc1ccc([N+](=O)[O-])cc1. The van der Waals surface area contributed by atoms with Gasteiger partial charge in [-0.1, -0.05) is 42.5 Å². The molecule has 0 radical (unpaired) electrons. The molecular formula is C31H26N2O4. The zero-order valence-corrected chi connectivity index (χ0v) is 20.5. The van der Waals surface area contributed by atoms with Gasteiger partial charge in [0.05, 0.1) is 23.2 Å². The van der Waals surface area contributed by atoms with Gasteiger partial charge in [-0.2, -0.15) is 5.26 Å². The highest BCUT2D eigenvalue weighted by Crippen LogP contribution is 2.36. The molecule has 6 heteroatoms. The van der Waals surface area contributed by atoms with Crippen LogP contribution in [0.1, 0.15) is 29.2 Å². The molecule has 0 amide bonds. The lowest BCUT2D eigenvalue weighted by atomic mass is 9.98. The zero-order valence-electron chi connectivity index (χ0n) is 20.5. The predicted octanol–water partition coefficient (Wildman–Crippen LogP) is 7.52. The van der Waals surface area contributed by atoms with Crippen molar-refractivity contribution in [3.8, 4) is 17.6 Å². The molecule has 4 aromatic carbocycles. The molecule has 0 aromatic heterocycles. The molecule has 0 fully saturated rings. The largest absolute Gasteiger partial charge is 0.490 e. The molecule has 4 aromatic rings. The van der Waals surface area contributed by atoms with Crippen LogP contribution in [0.3, 0.4) is 0 Å². The van der Waals surface area contributed by atoms with Crippen molar-refractivity contribution in [2.75, 3.05) is 6.61 Å². The van der Waals surface area contributed by atoms with E-state index in [0.717, 1.165) is 33.0 Å². The van der Waals surface area contributed by atoms with E-state index in [-0.39, 0.29) is 12.3 Å². The molecular weight excluding hydrogens is 464 g/mol. The van der Waals surface area contributed by atoms with Crippen LogP contribution in [0, 0.1) is 21.4 Å². The molecule has 37 heavy (non-hydrogen) atoms. The molecule has 0 atom stereocenters. The van der Waals surface area contributed by atoms with Crippen LogP contribution in [-0.4, -0.2) is 11.5 Å². The standard InChI is InChI=1S/C31H26N2O4/c1-3-7-27-16-23(17-28(20-32)26-13-12-24-8-5-6-9-25(24)19-26)18-30(36-4-2)31(27)37-21-22-10-14-29(15-11-22)33(34)35/h3,5-6,8-19H,1,4,7,21H2,2H3. The second-order valence-corrected chi connectivity index (χ2v) is 8.38. The Kier molecular flexibility index (Phi) is 7.97. The number of hydrogen-bond acceptors (Lipinski definition) is 5. The van der Waals surface area contributed by atoms with Crippen molar-refractivity contribution in [3.63, 3.8) is 0 Å². The van der Waals surface area contributed by atoms with E-state index in [0.29, 0.717) is 30.1 Å². The summed E-state index contributed by atoms with van der Waals surface area (Å²) in [6.45, 7) is 6.42. The van der Waals surface area contributed by atoms with Crippen molar-refractivity contribution in [3.05, 3.63) is 124 Å². The normalized spacial score (nSPS) is 11.1. The maximum Gasteiger partial charge on any atom is 0.269 e. The highest BCUT2D eigenvalue weighted by Gasteiger charge is 2.15. The van der Waals surface area contributed by atoms with Crippen molar-refractivity contribution in [1.82, 2.24) is 0 Å². The summed E-state index contributed by atoms with van der Waals surface area (Å²) in [4.78, 5) is 10.5. The van der Waals surface area contributed by atoms with Gasteiger partial charge in [0, 0.05) is 17.7 Å². The third kappa shape index (κ3) is 6.03. The molecule has 0 aliphatic rings. The minimum atomic E-state index is -0.431. The van der Waals surface area contributed by atoms with Gasteiger partial charge in [-0.3, -0.25) is 10.1 Å². The highest BCUT2D eigenvalue weighted by atomic mass is 16.6. The number of nitro groups is 1. The number of nitro benzene ring substituents is 1. The number of non-ortho nitro benzene ring substituents is 1. The molecule has 0 unspecified atom stereocenters. The third-order valence-electron chi connectivity index (χ3n) is 5.84. The number of nitrogens with zero attached hydrogens (tertiary/aromatic N) is 2. The Bertz CT molecular complexity index is 1520. The Morgan fingerprint density at radius 3 is 2.46 bits per heavy atom. The molecule has 0 spiro atoms. The van der Waals surface area contributed by atoms with E-state index >= 15 is 0 Å². The molecule has 0 aliphatic carbocycles. The van der Waals surface area contributed by atoms with Crippen LogP contribution in [0.25, 0.3) is 22.4 Å². The lowest BCUT2D eigenvalue weighted by molar-refractivity contribution is -0.384. The summed E-state index contributed by atoms with van der Waals surface area (Å²) >= 11 is 0. The number of benzene rings is 4. The first-order valence-corrected chi connectivity index (χ1v) is 11.9. The first-order valence-electron chi connectivity index (χ1n) is 11.9. The second kappa shape index (κ2) is 11.7. The third-order valence-corrected chi connectivity index (χ3v) is 5.84. The van der Waals surface area contributed by atoms with Crippen LogP contribution in [-0.2, 0) is 13.0 Å². The fourth-order valence-corrected chi connectivity index (χ4v) is 4.07. The molecule has 184 valence electrons. The van der Waals surface area contributed by atoms with E-state index in [4.69, 9.17) is 9.47 Å². The summed E-state index contributed by atoms with van der Waals surface area (Å²) in [6.07, 6.45) is 4.17. The van der Waals surface area contributed by atoms with Crippen molar-refractivity contribution in [2.24, 2.45) is 0 Å². The fraction of sp³-hybridized carbons (Fsp3) is 0.129. The Labute approximate surface area is 215 Å². The Morgan fingerprint density at radius 2 is 1.78 bits per heavy atom. The van der Waals surface area contributed by atoms with Crippen molar-refractivity contribution in [1.29, 1.82) is 5.26 Å². The monoisotopic (exact) mass is 490 g/mol. The maximum atomic E-state index is 10.9. The van der Waals surface area contributed by atoms with Crippen LogP contribution in [0.4, 0.5) is 5.69 Å². The smallest absolute Gasteiger partial charge is 0.269 e. The number of allylic oxidation sites excluding steroid dienone is 2. The van der Waals surface area contributed by atoms with Crippen molar-refractivity contribution in [2.45, 2.75) is 20.0 Å². The Morgan fingerprint density at radius 1 is 1.03 bits per heavy atom. The van der Waals surface area contributed by atoms with E-state index < -0.39 is 4.92 Å². The number of ether oxygens (including phenoxy) is 2. The summed E-state index contributed by atoms with van der Waals surface area (Å²) in [5, 5.41) is 23.1. The van der Waals surface area contributed by atoms with E-state index in [1.54, 1.807) is 18.2 Å². The van der Waals surface area contributed by atoms with Crippen LogP contribution < -0.4 is 9.47 Å². The Hall–Kier alpha value is -4.89. The molecule has 4 rings (SSSR count). The van der Waals surface area contributed by atoms with Crippen LogP contribution >= 0.6 is 0 Å². The molecule has 0 N–H and O–H groups in total. The zero-order chi connectivity index (χ0) is 26.2. The molecule has 0 bridgehead atoms. The molecule has 0 heterocycles. The molecule has 6 nitrogen and oxygen atoms in total. The van der Waals surface area contributed by atoms with Crippen LogP contribution in [0.5, 0.6) is 11.5 Å². The highest BCUT2D eigenvalue weighted by molar-refractivity contribution is 5.94. The van der Waals surface area contributed by atoms with Crippen molar-refractivity contribution < 1.29 is 14.4 Å².